The van der Waals surface area contributed by atoms with Crippen LogP contribution in [0.3, 0.4) is 0 Å². The minimum Gasteiger partial charge on any atom is -0.497 e. The van der Waals surface area contributed by atoms with Crippen LogP contribution < -0.4 is 4.74 Å². The molecular formula is C16H12Cl4O2. The largest absolute Gasteiger partial charge is 0.497 e. The molecule has 0 bridgehead atoms. The number of carbonyl (C=O) groups excluding carboxylic acids is 1. The van der Waals surface area contributed by atoms with Crippen molar-refractivity contribution in [1.82, 2.24) is 0 Å². The van der Waals surface area contributed by atoms with Crippen molar-refractivity contribution in [3.63, 3.8) is 0 Å². The maximum Gasteiger partial charge on any atom is 0.193 e. The quantitative estimate of drug-likeness (QED) is 0.480. The Morgan fingerprint density at radius 3 is 1.91 bits per heavy atom. The van der Waals surface area contributed by atoms with Gasteiger partial charge in [0.15, 0.2) is 5.78 Å². The molecule has 116 valence electrons. The predicted molar refractivity (Wildman–Crippen MR) is 91.8 cm³/mol. The Morgan fingerprint density at radius 1 is 0.864 bits per heavy atom. The van der Waals surface area contributed by atoms with Crippen LogP contribution >= 0.6 is 46.4 Å². The SMILES string of the molecule is COc1ccc(C(=O)c2ccc(C(Cl)Cl)c(C(Cl)Cl)c2)cc1. The van der Waals surface area contributed by atoms with Crippen LogP contribution in [0.2, 0.25) is 0 Å². The third kappa shape index (κ3) is 3.88. The fraction of sp³-hybridized carbons (Fsp3) is 0.188. The van der Waals surface area contributed by atoms with E-state index in [1.165, 1.54) is 0 Å². The molecule has 0 saturated heterocycles. The van der Waals surface area contributed by atoms with Crippen molar-refractivity contribution in [2.24, 2.45) is 0 Å². The molecule has 0 N–H and O–H groups in total. The number of hydrogen-bond acceptors (Lipinski definition) is 2. The van der Waals surface area contributed by atoms with Gasteiger partial charge in [-0.05, 0) is 41.5 Å². The molecule has 0 aliphatic rings. The molecule has 0 atom stereocenters. The van der Waals surface area contributed by atoms with Gasteiger partial charge in [-0.1, -0.05) is 12.1 Å². The Bertz CT molecular complexity index is 666. The molecule has 22 heavy (non-hydrogen) atoms. The van der Waals surface area contributed by atoms with E-state index in [0.29, 0.717) is 28.0 Å². The van der Waals surface area contributed by atoms with E-state index >= 15 is 0 Å². The van der Waals surface area contributed by atoms with Gasteiger partial charge in [0.25, 0.3) is 0 Å². The summed E-state index contributed by atoms with van der Waals surface area (Å²) in [5, 5.41) is 0. The van der Waals surface area contributed by atoms with Crippen LogP contribution in [0.25, 0.3) is 0 Å². The first-order valence-corrected chi connectivity index (χ1v) is 8.07. The average molecular weight is 378 g/mol. The van der Waals surface area contributed by atoms with E-state index in [1.54, 1.807) is 49.6 Å². The fourth-order valence-electron chi connectivity index (χ4n) is 2.01. The molecule has 0 radical (unpaired) electrons. The highest BCUT2D eigenvalue weighted by atomic mass is 35.5. The topological polar surface area (TPSA) is 26.3 Å². The van der Waals surface area contributed by atoms with Gasteiger partial charge in [-0.2, -0.15) is 0 Å². The molecule has 0 saturated carbocycles. The number of ketones is 1. The maximum atomic E-state index is 12.5. The van der Waals surface area contributed by atoms with Gasteiger partial charge in [-0.25, -0.2) is 0 Å². The van der Waals surface area contributed by atoms with Crippen LogP contribution in [0.4, 0.5) is 0 Å². The van der Waals surface area contributed by atoms with Crippen LogP contribution in [0.1, 0.15) is 36.7 Å². The first kappa shape index (κ1) is 17.4. The number of methoxy groups -OCH3 is 1. The number of benzene rings is 2. The molecule has 0 spiro atoms. The molecule has 0 aromatic heterocycles. The Hall–Kier alpha value is -0.930. The van der Waals surface area contributed by atoms with Gasteiger partial charge in [0, 0.05) is 11.1 Å². The van der Waals surface area contributed by atoms with E-state index in [1.807, 2.05) is 0 Å². The van der Waals surface area contributed by atoms with Gasteiger partial charge >= 0.3 is 0 Å². The fourth-order valence-corrected chi connectivity index (χ4v) is 2.79. The second kappa shape index (κ2) is 7.56. The summed E-state index contributed by atoms with van der Waals surface area (Å²) in [6.07, 6.45) is 0. The van der Waals surface area contributed by atoms with E-state index in [-0.39, 0.29) is 5.78 Å². The lowest BCUT2D eigenvalue weighted by atomic mass is 9.99. The third-order valence-corrected chi connectivity index (χ3v) is 4.11. The summed E-state index contributed by atoms with van der Waals surface area (Å²) in [5.74, 6) is 0.534. The summed E-state index contributed by atoms with van der Waals surface area (Å²) in [5.41, 5.74) is 2.11. The number of ether oxygens (including phenoxy) is 1. The van der Waals surface area contributed by atoms with Crippen molar-refractivity contribution in [2.45, 2.75) is 9.67 Å². The summed E-state index contributed by atoms with van der Waals surface area (Å²) >= 11 is 23.6. The number of rotatable bonds is 5. The smallest absolute Gasteiger partial charge is 0.193 e. The molecule has 0 fully saturated rings. The number of halogens is 4. The van der Waals surface area contributed by atoms with Crippen LogP contribution in [-0.4, -0.2) is 12.9 Å². The van der Waals surface area contributed by atoms with E-state index in [9.17, 15) is 4.79 Å². The van der Waals surface area contributed by atoms with Crippen LogP contribution in [0, 0.1) is 0 Å². The summed E-state index contributed by atoms with van der Waals surface area (Å²) in [7, 11) is 1.57. The molecule has 0 aliphatic heterocycles. The molecule has 0 aliphatic carbocycles. The van der Waals surface area contributed by atoms with Crippen LogP contribution in [-0.2, 0) is 0 Å². The Balaban J connectivity index is 2.39. The summed E-state index contributed by atoms with van der Waals surface area (Å²) in [4.78, 5) is 10.9. The maximum absolute atomic E-state index is 12.5. The van der Waals surface area contributed by atoms with Gasteiger partial charge in [0.05, 0.1) is 7.11 Å². The lowest BCUT2D eigenvalue weighted by molar-refractivity contribution is 0.103. The van der Waals surface area contributed by atoms with E-state index < -0.39 is 9.67 Å². The van der Waals surface area contributed by atoms with Crippen LogP contribution in [0.5, 0.6) is 5.75 Å². The summed E-state index contributed by atoms with van der Waals surface area (Å²) in [6.45, 7) is 0. The van der Waals surface area contributed by atoms with Gasteiger partial charge in [-0.15, -0.1) is 46.4 Å². The molecular weight excluding hydrogens is 366 g/mol. The average Bonchev–Trinajstić information content (AvgIpc) is 2.53. The zero-order chi connectivity index (χ0) is 16.3. The van der Waals surface area contributed by atoms with Crippen molar-refractivity contribution < 1.29 is 9.53 Å². The van der Waals surface area contributed by atoms with E-state index in [0.717, 1.165) is 0 Å². The van der Waals surface area contributed by atoms with Crippen molar-refractivity contribution in [3.8, 4) is 5.75 Å². The first-order valence-electron chi connectivity index (χ1n) is 6.33. The monoisotopic (exact) mass is 376 g/mol. The van der Waals surface area contributed by atoms with E-state index in [2.05, 4.69) is 0 Å². The third-order valence-electron chi connectivity index (χ3n) is 3.17. The van der Waals surface area contributed by atoms with Gasteiger partial charge < -0.3 is 4.74 Å². The number of alkyl halides is 4. The molecule has 6 heteroatoms. The zero-order valence-corrected chi connectivity index (χ0v) is 14.5. The number of carbonyl (C=O) groups is 1. The minimum absolute atomic E-state index is 0.148. The number of hydrogen-bond donors (Lipinski definition) is 0. The second-order valence-electron chi connectivity index (χ2n) is 4.50. The van der Waals surface area contributed by atoms with Gasteiger partial charge in [0.2, 0.25) is 0 Å². The molecule has 2 aromatic carbocycles. The zero-order valence-electron chi connectivity index (χ0n) is 11.5. The van der Waals surface area contributed by atoms with Gasteiger partial charge in [0.1, 0.15) is 15.4 Å². The van der Waals surface area contributed by atoms with Crippen molar-refractivity contribution in [3.05, 3.63) is 64.7 Å². The molecule has 0 unspecified atom stereocenters. The second-order valence-corrected chi connectivity index (χ2v) is 6.70. The summed E-state index contributed by atoms with van der Waals surface area (Å²) in [6, 6.07) is 11.8. The molecule has 2 rings (SSSR count). The molecule has 0 heterocycles. The Kier molecular flexibility index (Phi) is 5.99. The van der Waals surface area contributed by atoms with Crippen molar-refractivity contribution in [1.29, 1.82) is 0 Å². The van der Waals surface area contributed by atoms with Crippen molar-refractivity contribution >= 4 is 52.2 Å². The first-order chi connectivity index (χ1) is 10.4. The minimum atomic E-state index is -0.821. The van der Waals surface area contributed by atoms with Gasteiger partial charge in [-0.3, -0.25) is 4.79 Å². The Morgan fingerprint density at radius 2 is 1.41 bits per heavy atom. The van der Waals surface area contributed by atoms with Crippen molar-refractivity contribution in [2.75, 3.05) is 7.11 Å². The normalized spacial score (nSPS) is 11.0. The lowest BCUT2D eigenvalue weighted by Crippen LogP contribution is -2.04. The highest BCUT2D eigenvalue weighted by Crippen LogP contribution is 2.36. The highest BCUT2D eigenvalue weighted by molar-refractivity contribution is 6.46. The predicted octanol–water partition coefficient (Wildman–Crippen LogP) is 5.88. The van der Waals surface area contributed by atoms with E-state index in [4.69, 9.17) is 51.1 Å². The lowest BCUT2D eigenvalue weighted by Gasteiger charge is -2.13. The molecule has 2 aromatic rings. The molecule has 2 nitrogen and oxygen atoms in total. The standard InChI is InChI=1S/C16H12Cl4O2/c1-22-11-5-2-9(3-6-11)14(21)10-4-7-12(15(17)18)13(8-10)16(19)20/h2-8,15-16H,1H3. The highest BCUT2D eigenvalue weighted by Gasteiger charge is 2.18. The summed E-state index contributed by atoms with van der Waals surface area (Å²) < 4.78 is 5.07. The van der Waals surface area contributed by atoms with Crippen LogP contribution in [0.15, 0.2) is 42.5 Å². The Labute approximate surface area is 148 Å². The molecule has 0 amide bonds.